The highest BCUT2D eigenvalue weighted by Crippen LogP contribution is 2.18. The van der Waals surface area contributed by atoms with Gasteiger partial charge in [0.1, 0.15) is 0 Å². The van der Waals surface area contributed by atoms with E-state index in [9.17, 15) is 4.79 Å². The Bertz CT molecular complexity index is 566. The van der Waals surface area contributed by atoms with Crippen molar-refractivity contribution in [1.82, 2.24) is 9.88 Å². The Morgan fingerprint density at radius 2 is 2.18 bits per heavy atom. The average molecular weight is 248 g/mol. The van der Waals surface area contributed by atoms with Crippen molar-refractivity contribution in [3.8, 4) is 0 Å². The second-order valence-corrected chi connectivity index (χ2v) is 5.61. The lowest BCUT2D eigenvalue weighted by Crippen LogP contribution is -2.32. The van der Waals surface area contributed by atoms with Crippen molar-refractivity contribution >= 4 is 21.4 Å². The third-order valence-electron chi connectivity index (χ3n) is 3.51. The summed E-state index contributed by atoms with van der Waals surface area (Å²) in [5.74, 6) is 0.644. The lowest BCUT2D eigenvalue weighted by Gasteiger charge is -2.23. The van der Waals surface area contributed by atoms with Gasteiger partial charge in [0.25, 0.3) is 5.56 Å². The van der Waals surface area contributed by atoms with Gasteiger partial charge in [0.15, 0.2) is 0 Å². The Morgan fingerprint density at radius 3 is 3.00 bits per heavy atom. The minimum absolute atomic E-state index is 0.169. The summed E-state index contributed by atoms with van der Waals surface area (Å²) in [4.78, 5) is 12.2. The lowest BCUT2D eigenvalue weighted by molar-refractivity contribution is 0.330. The molecule has 3 rings (SSSR count). The summed E-state index contributed by atoms with van der Waals surface area (Å²) < 4.78 is 2.97. The Balaban J connectivity index is 1.89. The molecular weight excluding hydrogens is 232 g/mol. The maximum Gasteiger partial charge on any atom is 0.259 e. The van der Waals surface area contributed by atoms with Gasteiger partial charge in [-0.2, -0.15) is 0 Å². The molecule has 0 radical (unpaired) electrons. The average Bonchev–Trinajstić information content (AvgIpc) is 2.83. The molecule has 0 amide bonds. The first-order valence-corrected chi connectivity index (χ1v) is 7.00. The summed E-state index contributed by atoms with van der Waals surface area (Å²) in [5, 5.41) is 6.21. The molecule has 0 bridgehead atoms. The summed E-state index contributed by atoms with van der Waals surface area (Å²) >= 11 is 1.63. The number of hydrogen-bond acceptors (Lipinski definition) is 3. The van der Waals surface area contributed by atoms with Crippen LogP contribution in [-0.2, 0) is 6.54 Å². The third kappa shape index (κ3) is 2.15. The Kier molecular flexibility index (Phi) is 2.99. The molecule has 2 aromatic heterocycles. The highest BCUT2D eigenvalue weighted by Gasteiger charge is 2.14. The van der Waals surface area contributed by atoms with Gasteiger partial charge in [-0.25, -0.2) is 0 Å². The molecule has 17 heavy (non-hydrogen) atoms. The molecule has 0 saturated carbocycles. The van der Waals surface area contributed by atoms with Gasteiger partial charge in [-0.15, -0.1) is 11.3 Å². The van der Waals surface area contributed by atoms with Crippen molar-refractivity contribution in [3.63, 3.8) is 0 Å². The minimum atomic E-state index is 0.169. The maximum atomic E-state index is 12.2. The zero-order valence-electron chi connectivity index (χ0n) is 9.69. The van der Waals surface area contributed by atoms with E-state index >= 15 is 0 Å². The van der Waals surface area contributed by atoms with E-state index in [0.29, 0.717) is 5.92 Å². The molecule has 0 aliphatic carbocycles. The molecule has 4 heteroatoms. The smallest absolute Gasteiger partial charge is 0.259 e. The van der Waals surface area contributed by atoms with E-state index in [0.717, 1.165) is 29.7 Å². The highest BCUT2D eigenvalue weighted by atomic mass is 32.1. The molecule has 1 aliphatic rings. The van der Waals surface area contributed by atoms with E-state index in [2.05, 4.69) is 11.4 Å². The van der Waals surface area contributed by atoms with Gasteiger partial charge in [-0.05, 0) is 49.4 Å². The van der Waals surface area contributed by atoms with Crippen LogP contribution < -0.4 is 10.9 Å². The first-order chi connectivity index (χ1) is 8.34. The largest absolute Gasteiger partial charge is 0.317 e. The number of fused-ring (bicyclic) bond motifs is 1. The lowest BCUT2D eigenvalue weighted by atomic mass is 9.98. The van der Waals surface area contributed by atoms with Crippen LogP contribution in [0.3, 0.4) is 0 Å². The topological polar surface area (TPSA) is 34.0 Å². The number of rotatable bonds is 2. The molecule has 1 fully saturated rings. The van der Waals surface area contributed by atoms with Crippen LogP contribution in [0.15, 0.2) is 28.5 Å². The summed E-state index contributed by atoms with van der Waals surface area (Å²) in [6.45, 7) is 3.03. The van der Waals surface area contributed by atoms with Gasteiger partial charge >= 0.3 is 0 Å². The SMILES string of the molecule is O=c1c2ccsc2ccn1CC1CCNCC1. The van der Waals surface area contributed by atoms with Gasteiger partial charge in [0.05, 0.1) is 5.39 Å². The summed E-state index contributed by atoms with van der Waals surface area (Å²) in [5.41, 5.74) is 0.169. The monoisotopic (exact) mass is 248 g/mol. The number of aromatic nitrogens is 1. The third-order valence-corrected chi connectivity index (χ3v) is 4.39. The number of piperidine rings is 1. The molecule has 3 heterocycles. The van der Waals surface area contributed by atoms with Crippen LogP contribution in [0.1, 0.15) is 12.8 Å². The zero-order chi connectivity index (χ0) is 11.7. The molecular formula is C13H16N2OS. The zero-order valence-corrected chi connectivity index (χ0v) is 10.5. The van der Waals surface area contributed by atoms with Crippen LogP contribution in [-0.4, -0.2) is 17.7 Å². The van der Waals surface area contributed by atoms with Crippen LogP contribution >= 0.6 is 11.3 Å². The van der Waals surface area contributed by atoms with Crippen molar-refractivity contribution in [2.75, 3.05) is 13.1 Å². The van der Waals surface area contributed by atoms with E-state index in [1.807, 2.05) is 22.2 Å². The van der Waals surface area contributed by atoms with E-state index < -0.39 is 0 Å². The molecule has 0 atom stereocenters. The van der Waals surface area contributed by atoms with Gasteiger partial charge in [-0.3, -0.25) is 4.79 Å². The van der Waals surface area contributed by atoms with Crippen molar-refractivity contribution in [2.24, 2.45) is 5.92 Å². The van der Waals surface area contributed by atoms with Crippen molar-refractivity contribution in [3.05, 3.63) is 34.1 Å². The Morgan fingerprint density at radius 1 is 1.35 bits per heavy atom. The van der Waals surface area contributed by atoms with E-state index in [1.54, 1.807) is 11.3 Å². The van der Waals surface area contributed by atoms with Crippen LogP contribution in [0.2, 0.25) is 0 Å². The van der Waals surface area contributed by atoms with Gasteiger partial charge in [0.2, 0.25) is 0 Å². The van der Waals surface area contributed by atoms with Crippen LogP contribution in [0.25, 0.3) is 10.1 Å². The fourth-order valence-electron chi connectivity index (χ4n) is 2.49. The number of pyridine rings is 1. The number of hydrogen-bond donors (Lipinski definition) is 1. The normalized spacial score (nSPS) is 17.6. The quantitative estimate of drug-likeness (QED) is 0.882. The molecule has 0 aromatic carbocycles. The first-order valence-electron chi connectivity index (χ1n) is 6.12. The number of thiophene rings is 1. The van der Waals surface area contributed by atoms with E-state index in [4.69, 9.17) is 0 Å². The molecule has 1 aliphatic heterocycles. The summed E-state index contributed by atoms with van der Waals surface area (Å²) in [6, 6.07) is 3.99. The van der Waals surface area contributed by atoms with Crippen LogP contribution in [0.4, 0.5) is 0 Å². The molecule has 2 aromatic rings. The standard InChI is InChI=1S/C13H16N2OS/c16-13-11-4-8-17-12(11)3-7-15(13)9-10-1-5-14-6-2-10/h3-4,7-8,10,14H,1-2,5-6,9H2. The Hall–Kier alpha value is -1.13. The number of nitrogens with zero attached hydrogens (tertiary/aromatic N) is 1. The fraction of sp³-hybridized carbons (Fsp3) is 0.462. The molecule has 1 saturated heterocycles. The van der Waals surface area contributed by atoms with Gasteiger partial charge in [-0.1, -0.05) is 0 Å². The summed E-state index contributed by atoms with van der Waals surface area (Å²) in [7, 11) is 0. The summed E-state index contributed by atoms with van der Waals surface area (Å²) in [6.07, 6.45) is 4.30. The highest BCUT2D eigenvalue weighted by molar-refractivity contribution is 7.17. The second kappa shape index (κ2) is 4.63. The van der Waals surface area contributed by atoms with Crippen LogP contribution in [0.5, 0.6) is 0 Å². The number of nitrogens with one attached hydrogen (secondary N) is 1. The Labute approximate surface area is 104 Å². The minimum Gasteiger partial charge on any atom is -0.317 e. The molecule has 3 nitrogen and oxygen atoms in total. The molecule has 90 valence electrons. The van der Waals surface area contributed by atoms with E-state index in [1.165, 1.54) is 12.8 Å². The fourth-order valence-corrected chi connectivity index (χ4v) is 3.27. The maximum absolute atomic E-state index is 12.2. The molecule has 0 unspecified atom stereocenters. The van der Waals surface area contributed by atoms with Crippen molar-refractivity contribution < 1.29 is 0 Å². The second-order valence-electron chi connectivity index (χ2n) is 4.67. The predicted octanol–water partition coefficient (Wildman–Crippen LogP) is 2.06. The van der Waals surface area contributed by atoms with E-state index in [-0.39, 0.29) is 5.56 Å². The van der Waals surface area contributed by atoms with Gasteiger partial charge < -0.3 is 9.88 Å². The van der Waals surface area contributed by atoms with Crippen molar-refractivity contribution in [1.29, 1.82) is 0 Å². The predicted molar refractivity (Wildman–Crippen MR) is 71.7 cm³/mol. The molecule has 0 spiro atoms. The molecule has 1 N–H and O–H groups in total. The first kappa shape index (κ1) is 11.0. The van der Waals surface area contributed by atoms with Crippen molar-refractivity contribution in [2.45, 2.75) is 19.4 Å². The van der Waals surface area contributed by atoms with Gasteiger partial charge in [0, 0.05) is 17.4 Å². The van der Waals surface area contributed by atoms with Crippen LogP contribution in [0, 0.1) is 5.92 Å².